The van der Waals surface area contributed by atoms with Crippen LogP contribution in [0.2, 0.25) is 0 Å². The summed E-state index contributed by atoms with van der Waals surface area (Å²) in [6, 6.07) is 0.605. The third-order valence-electron chi connectivity index (χ3n) is 1.56. The fourth-order valence-corrected chi connectivity index (χ4v) is 0.964. The van der Waals surface area contributed by atoms with Crippen LogP contribution in [0.5, 0.6) is 11.6 Å². The Balaban J connectivity index is 3.37. The Morgan fingerprint density at radius 2 is 2.06 bits per heavy atom. The van der Waals surface area contributed by atoms with Crippen molar-refractivity contribution in [2.24, 2.45) is 0 Å². The minimum absolute atomic E-state index is 0.351. The minimum Gasteiger partial charge on any atom is -0.466 e. The highest BCUT2D eigenvalue weighted by Crippen LogP contribution is 2.28. The molecular weight excluding hydrogens is 249 g/mol. The molecule has 0 aliphatic rings. The number of hydrogen-bond donors (Lipinski definition) is 1. The van der Waals surface area contributed by atoms with Gasteiger partial charge >= 0.3 is 12.2 Å². The van der Waals surface area contributed by atoms with Crippen molar-refractivity contribution in [3.8, 4) is 11.6 Å². The van der Waals surface area contributed by atoms with Gasteiger partial charge in [0, 0.05) is 0 Å². The van der Waals surface area contributed by atoms with Gasteiger partial charge < -0.3 is 19.6 Å². The Morgan fingerprint density at radius 1 is 1.47 bits per heavy atom. The molecule has 10 heteroatoms. The smallest absolute Gasteiger partial charge is 0.466 e. The predicted molar refractivity (Wildman–Crippen MR) is 47.0 cm³/mol. The van der Waals surface area contributed by atoms with Gasteiger partial charge in [-0.1, -0.05) is 0 Å². The van der Waals surface area contributed by atoms with Gasteiger partial charge in [0.05, 0.1) is 13.2 Å². The summed E-state index contributed by atoms with van der Waals surface area (Å²) in [4.78, 5) is 22.3. The van der Waals surface area contributed by atoms with Crippen molar-refractivity contribution in [2.45, 2.75) is 6.36 Å². The van der Waals surface area contributed by atoms with E-state index in [0.29, 0.717) is 6.07 Å². The highest BCUT2D eigenvalue weighted by molar-refractivity contribution is 5.42. The van der Waals surface area contributed by atoms with E-state index in [1.807, 2.05) is 4.98 Å². The van der Waals surface area contributed by atoms with E-state index in [1.165, 1.54) is 0 Å². The van der Waals surface area contributed by atoms with E-state index >= 15 is 0 Å². The maximum atomic E-state index is 11.9. The summed E-state index contributed by atoms with van der Waals surface area (Å²) >= 11 is 0. The Bertz CT molecular complexity index is 495. The van der Waals surface area contributed by atoms with Crippen molar-refractivity contribution < 1.29 is 27.6 Å². The fourth-order valence-electron chi connectivity index (χ4n) is 0.964. The molecule has 1 aromatic rings. The first-order chi connectivity index (χ1) is 7.74. The second-order valence-corrected chi connectivity index (χ2v) is 2.68. The van der Waals surface area contributed by atoms with Gasteiger partial charge in [0.25, 0.3) is 11.6 Å². The molecule has 1 N–H and O–H groups in total. The molecule has 94 valence electrons. The second-order valence-electron chi connectivity index (χ2n) is 2.68. The number of aromatic nitrogens is 1. The van der Waals surface area contributed by atoms with Crippen molar-refractivity contribution in [2.75, 3.05) is 7.11 Å². The van der Waals surface area contributed by atoms with Crippen LogP contribution < -0.4 is 14.9 Å². The molecule has 0 spiro atoms. The van der Waals surface area contributed by atoms with Gasteiger partial charge in [-0.3, -0.25) is 4.79 Å². The highest BCUT2D eigenvalue weighted by Gasteiger charge is 2.36. The van der Waals surface area contributed by atoms with E-state index in [9.17, 15) is 28.1 Å². The maximum absolute atomic E-state index is 11.9. The van der Waals surface area contributed by atoms with Crippen LogP contribution >= 0.6 is 0 Å². The Morgan fingerprint density at radius 3 is 2.47 bits per heavy atom. The first-order valence-corrected chi connectivity index (χ1v) is 3.96. The zero-order valence-electron chi connectivity index (χ0n) is 8.20. The van der Waals surface area contributed by atoms with Gasteiger partial charge in [-0.2, -0.15) is 0 Å². The number of ether oxygens (including phenoxy) is 2. The first-order valence-electron chi connectivity index (χ1n) is 3.96. The number of nitro groups is 1. The molecular formula is C7H5F3N2O5. The molecule has 0 saturated carbocycles. The first kappa shape index (κ1) is 12.8. The van der Waals surface area contributed by atoms with Gasteiger partial charge in [-0.15, -0.1) is 13.2 Å². The molecule has 0 fully saturated rings. The van der Waals surface area contributed by atoms with Crippen molar-refractivity contribution in [1.29, 1.82) is 0 Å². The Hall–Kier alpha value is -2.26. The van der Waals surface area contributed by atoms with Crippen LogP contribution in [0.15, 0.2) is 10.9 Å². The molecule has 0 bridgehead atoms. The molecule has 1 aromatic heterocycles. The van der Waals surface area contributed by atoms with E-state index in [1.54, 1.807) is 0 Å². The van der Waals surface area contributed by atoms with Crippen molar-refractivity contribution in [1.82, 2.24) is 4.98 Å². The summed E-state index contributed by atoms with van der Waals surface area (Å²) in [6.07, 6.45) is -5.20. The normalized spacial score (nSPS) is 11.1. The van der Waals surface area contributed by atoms with E-state index in [2.05, 4.69) is 9.47 Å². The number of methoxy groups -OCH3 is 1. The molecule has 0 aromatic carbocycles. The standard InChI is InChI=1S/C7H5F3N2O5/c1-16-4-2-3(13)5(17-7(8,9)10)6(11-4)12(14)15/h2H,1H3,(H,11,13). The van der Waals surface area contributed by atoms with Crippen LogP contribution in [-0.2, 0) is 0 Å². The van der Waals surface area contributed by atoms with E-state index in [-0.39, 0.29) is 5.88 Å². The third-order valence-corrected chi connectivity index (χ3v) is 1.56. The average Bonchev–Trinajstić information content (AvgIpc) is 2.18. The molecule has 17 heavy (non-hydrogen) atoms. The van der Waals surface area contributed by atoms with Crippen molar-refractivity contribution >= 4 is 5.82 Å². The third kappa shape index (κ3) is 3.09. The van der Waals surface area contributed by atoms with Crippen LogP contribution in [0, 0.1) is 10.1 Å². The number of halogens is 3. The van der Waals surface area contributed by atoms with Crippen LogP contribution in [-0.4, -0.2) is 23.4 Å². The lowest BCUT2D eigenvalue weighted by Gasteiger charge is -2.08. The second kappa shape index (κ2) is 4.31. The molecule has 1 heterocycles. The lowest BCUT2D eigenvalue weighted by Crippen LogP contribution is -2.23. The topological polar surface area (TPSA) is 94.5 Å². The number of alkyl halides is 3. The lowest BCUT2D eigenvalue weighted by molar-refractivity contribution is -0.393. The Kier molecular flexibility index (Phi) is 3.25. The van der Waals surface area contributed by atoms with E-state index < -0.39 is 28.3 Å². The average molecular weight is 254 g/mol. The van der Waals surface area contributed by atoms with Crippen LogP contribution in [0.1, 0.15) is 0 Å². The van der Waals surface area contributed by atoms with Gasteiger partial charge in [-0.05, 0) is 4.92 Å². The molecule has 0 atom stereocenters. The SMILES string of the molecule is COc1cc(=O)c(OC(F)(F)F)c([N+](=O)[O-])[nH]1. The van der Waals surface area contributed by atoms with Crippen LogP contribution in [0.4, 0.5) is 19.0 Å². The van der Waals surface area contributed by atoms with Gasteiger partial charge in [0.1, 0.15) is 0 Å². The minimum atomic E-state index is -5.20. The Labute approximate surface area is 90.9 Å². The van der Waals surface area contributed by atoms with Gasteiger partial charge in [0.2, 0.25) is 5.43 Å². The lowest BCUT2D eigenvalue weighted by atomic mass is 10.4. The van der Waals surface area contributed by atoms with Gasteiger partial charge in [-0.25, -0.2) is 4.98 Å². The summed E-state index contributed by atoms with van der Waals surface area (Å²) < 4.78 is 43.5. The molecule has 1 rings (SSSR count). The highest BCUT2D eigenvalue weighted by atomic mass is 19.4. The molecule has 0 saturated heterocycles. The number of nitrogens with one attached hydrogen (secondary N) is 1. The summed E-state index contributed by atoms with van der Waals surface area (Å²) in [7, 11) is 1.08. The van der Waals surface area contributed by atoms with Crippen LogP contribution in [0.3, 0.4) is 0 Å². The number of hydrogen-bond acceptors (Lipinski definition) is 5. The monoisotopic (exact) mass is 254 g/mol. The van der Waals surface area contributed by atoms with Gasteiger partial charge in [0.15, 0.2) is 0 Å². The number of rotatable bonds is 3. The quantitative estimate of drug-likeness (QED) is 0.645. The van der Waals surface area contributed by atoms with Crippen molar-refractivity contribution in [3.63, 3.8) is 0 Å². The number of H-pyrrole nitrogens is 1. The molecule has 0 unspecified atom stereocenters. The fraction of sp³-hybridized carbons (Fsp3) is 0.286. The molecule has 7 nitrogen and oxygen atoms in total. The molecule has 0 aliphatic carbocycles. The molecule has 0 radical (unpaired) electrons. The molecule has 0 aliphatic heterocycles. The van der Waals surface area contributed by atoms with Crippen LogP contribution in [0.25, 0.3) is 0 Å². The largest absolute Gasteiger partial charge is 0.573 e. The maximum Gasteiger partial charge on any atom is 0.573 e. The summed E-state index contributed by atoms with van der Waals surface area (Å²) in [6.45, 7) is 0. The zero-order chi connectivity index (χ0) is 13.2. The number of nitrogens with zero attached hydrogens (tertiary/aromatic N) is 1. The number of pyridine rings is 1. The number of aromatic amines is 1. The summed E-state index contributed by atoms with van der Waals surface area (Å²) in [5, 5.41) is 10.5. The van der Waals surface area contributed by atoms with E-state index in [4.69, 9.17) is 0 Å². The van der Waals surface area contributed by atoms with E-state index in [0.717, 1.165) is 7.11 Å². The summed E-state index contributed by atoms with van der Waals surface area (Å²) in [5.74, 6) is -3.02. The predicted octanol–water partition coefficient (Wildman–Crippen LogP) is 1.19. The zero-order valence-corrected chi connectivity index (χ0v) is 8.20. The van der Waals surface area contributed by atoms with Crippen molar-refractivity contribution in [3.05, 3.63) is 26.4 Å². The summed E-state index contributed by atoms with van der Waals surface area (Å²) in [5.41, 5.74) is -1.32. The molecule has 0 amide bonds.